The molecular weight excluding hydrogens is 218 g/mol. The van der Waals surface area contributed by atoms with Gasteiger partial charge < -0.3 is 15.8 Å². The van der Waals surface area contributed by atoms with Gasteiger partial charge in [0, 0.05) is 6.54 Å². The third kappa shape index (κ3) is 3.47. The lowest BCUT2D eigenvalue weighted by Gasteiger charge is -2.11. The number of carbonyl (C=O) groups excluding carboxylic acids is 1. The van der Waals surface area contributed by atoms with Crippen LogP contribution in [0.25, 0.3) is 0 Å². The molecule has 0 aliphatic heterocycles. The number of methoxy groups -OCH3 is 1. The summed E-state index contributed by atoms with van der Waals surface area (Å²) >= 11 is 0. The summed E-state index contributed by atoms with van der Waals surface area (Å²) in [4.78, 5) is 10.8. The second kappa shape index (κ2) is 5.87. The van der Waals surface area contributed by atoms with Crippen LogP contribution in [0.4, 0.5) is 0 Å². The molecule has 0 spiro atoms. The van der Waals surface area contributed by atoms with Crippen LogP contribution in [0.1, 0.15) is 18.1 Å². The molecular formula is C12H15N3O2. The first-order valence-corrected chi connectivity index (χ1v) is 5.18. The number of nitrogens with one attached hydrogen (secondary N) is 1. The van der Waals surface area contributed by atoms with Gasteiger partial charge in [-0.25, -0.2) is 0 Å². The Morgan fingerprint density at radius 1 is 1.65 bits per heavy atom. The summed E-state index contributed by atoms with van der Waals surface area (Å²) < 4.78 is 5.09. The molecule has 1 aromatic carbocycles. The minimum Gasteiger partial charge on any atom is -0.495 e. The smallest absolute Gasteiger partial charge is 0.234 e. The number of nitrogens with two attached hydrogens (primary N) is 1. The van der Waals surface area contributed by atoms with Crippen molar-refractivity contribution in [2.45, 2.75) is 19.5 Å². The van der Waals surface area contributed by atoms with E-state index in [4.69, 9.17) is 15.7 Å². The van der Waals surface area contributed by atoms with E-state index in [1.54, 1.807) is 19.1 Å². The van der Waals surface area contributed by atoms with Gasteiger partial charge in [-0.15, -0.1) is 0 Å². The topological polar surface area (TPSA) is 88.1 Å². The first-order valence-electron chi connectivity index (χ1n) is 5.18. The summed E-state index contributed by atoms with van der Waals surface area (Å²) in [6.45, 7) is 2.19. The van der Waals surface area contributed by atoms with Gasteiger partial charge in [-0.2, -0.15) is 5.26 Å². The van der Waals surface area contributed by atoms with Crippen LogP contribution in [0, 0.1) is 11.3 Å². The molecule has 0 saturated carbocycles. The zero-order valence-electron chi connectivity index (χ0n) is 9.86. The number of nitriles is 1. The number of hydrogen-bond donors (Lipinski definition) is 2. The molecule has 0 aliphatic carbocycles. The molecule has 17 heavy (non-hydrogen) atoms. The van der Waals surface area contributed by atoms with E-state index < -0.39 is 11.9 Å². The Bertz CT molecular complexity index is 452. The SMILES string of the molecule is COc1cc(CNC(C)C(N)=O)ccc1C#N. The molecule has 1 amide bonds. The molecule has 5 heteroatoms. The number of primary amides is 1. The Hall–Kier alpha value is -2.06. The number of hydrogen-bond acceptors (Lipinski definition) is 4. The maximum absolute atomic E-state index is 10.8. The third-order valence-electron chi connectivity index (χ3n) is 2.43. The van der Waals surface area contributed by atoms with Crippen LogP contribution in [0.2, 0.25) is 0 Å². The molecule has 1 rings (SSSR count). The van der Waals surface area contributed by atoms with Crippen LogP contribution >= 0.6 is 0 Å². The average molecular weight is 233 g/mol. The standard InChI is InChI=1S/C12H15N3O2/c1-8(12(14)16)15-7-9-3-4-10(6-13)11(5-9)17-2/h3-5,8,15H,7H2,1-2H3,(H2,14,16). The van der Waals surface area contributed by atoms with Gasteiger partial charge in [-0.05, 0) is 24.6 Å². The lowest BCUT2D eigenvalue weighted by Crippen LogP contribution is -2.38. The number of amides is 1. The van der Waals surface area contributed by atoms with Crippen LogP contribution in [0.5, 0.6) is 5.75 Å². The highest BCUT2D eigenvalue weighted by molar-refractivity contribution is 5.79. The van der Waals surface area contributed by atoms with E-state index in [0.717, 1.165) is 5.56 Å². The Morgan fingerprint density at radius 3 is 2.88 bits per heavy atom. The third-order valence-corrected chi connectivity index (χ3v) is 2.43. The molecule has 0 fully saturated rings. The zero-order valence-corrected chi connectivity index (χ0v) is 9.86. The second-order valence-electron chi connectivity index (χ2n) is 3.65. The molecule has 1 aromatic rings. The van der Waals surface area contributed by atoms with Crippen LogP contribution < -0.4 is 15.8 Å². The van der Waals surface area contributed by atoms with Crippen molar-refractivity contribution in [3.8, 4) is 11.8 Å². The summed E-state index contributed by atoms with van der Waals surface area (Å²) in [6, 6.07) is 6.90. The zero-order chi connectivity index (χ0) is 12.8. The Labute approximate surface area is 100 Å². The van der Waals surface area contributed by atoms with E-state index >= 15 is 0 Å². The lowest BCUT2D eigenvalue weighted by atomic mass is 10.1. The summed E-state index contributed by atoms with van der Waals surface area (Å²) in [5.41, 5.74) is 6.54. The van der Waals surface area contributed by atoms with Gasteiger partial charge in [0.15, 0.2) is 0 Å². The first kappa shape index (κ1) is 13.0. The van der Waals surface area contributed by atoms with Gasteiger partial charge >= 0.3 is 0 Å². The summed E-state index contributed by atoms with van der Waals surface area (Å²) in [6.07, 6.45) is 0. The quantitative estimate of drug-likeness (QED) is 0.776. The highest BCUT2D eigenvalue weighted by Gasteiger charge is 2.08. The minimum atomic E-state index is -0.398. The maximum atomic E-state index is 10.8. The van der Waals surface area contributed by atoms with Gasteiger partial charge in [0.1, 0.15) is 11.8 Å². The van der Waals surface area contributed by atoms with Crippen LogP contribution in [0.15, 0.2) is 18.2 Å². The van der Waals surface area contributed by atoms with Crippen LogP contribution in [-0.4, -0.2) is 19.1 Å². The predicted molar refractivity (Wildman–Crippen MR) is 63.2 cm³/mol. The molecule has 1 atom stereocenters. The number of ether oxygens (including phenoxy) is 1. The van der Waals surface area contributed by atoms with E-state index in [1.165, 1.54) is 7.11 Å². The Kier molecular flexibility index (Phi) is 4.49. The van der Waals surface area contributed by atoms with Crippen molar-refractivity contribution < 1.29 is 9.53 Å². The Morgan fingerprint density at radius 2 is 2.35 bits per heavy atom. The summed E-state index contributed by atoms with van der Waals surface area (Å²) in [5.74, 6) is 0.129. The fraction of sp³-hybridized carbons (Fsp3) is 0.333. The van der Waals surface area contributed by atoms with Gasteiger partial charge in [-0.1, -0.05) is 6.07 Å². The number of benzene rings is 1. The molecule has 0 aliphatic rings. The van der Waals surface area contributed by atoms with Crippen molar-refractivity contribution in [1.29, 1.82) is 5.26 Å². The van der Waals surface area contributed by atoms with E-state index in [0.29, 0.717) is 17.9 Å². The molecule has 0 saturated heterocycles. The molecule has 90 valence electrons. The number of rotatable bonds is 5. The monoisotopic (exact) mass is 233 g/mol. The van der Waals surface area contributed by atoms with E-state index in [1.807, 2.05) is 12.1 Å². The van der Waals surface area contributed by atoms with Gasteiger partial charge in [0.25, 0.3) is 0 Å². The Balaban J connectivity index is 2.74. The molecule has 3 N–H and O–H groups in total. The highest BCUT2D eigenvalue weighted by atomic mass is 16.5. The fourth-order valence-corrected chi connectivity index (χ4v) is 1.31. The summed E-state index contributed by atoms with van der Waals surface area (Å²) in [7, 11) is 1.51. The van der Waals surface area contributed by atoms with Crippen molar-refractivity contribution in [2.75, 3.05) is 7.11 Å². The van der Waals surface area contributed by atoms with Crippen LogP contribution in [-0.2, 0) is 11.3 Å². The molecule has 0 radical (unpaired) electrons. The molecule has 0 aromatic heterocycles. The maximum Gasteiger partial charge on any atom is 0.234 e. The molecule has 5 nitrogen and oxygen atoms in total. The number of nitrogens with zero attached hydrogens (tertiary/aromatic N) is 1. The van der Waals surface area contributed by atoms with Crippen molar-refractivity contribution in [3.63, 3.8) is 0 Å². The lowest BCUT2D eigenvalue weighted by molar-refractivity contribution is -0.119. The van der Waals surface area contributed by atoms with Crippen molar-refractivity contribution in [2.24, 2.45) is 5.73 Å². The predicted octanol–water partition coefficient (Wildman–Crippen LogP) is 0.530. The highest BCUT2D eigenvalue weighted by Crippen LogP contribution is 2.19. The molecule has 0 bridgehead atoms. The van der Waals surface area contributed by atoms with Crippen LogP contribution in [0.3, 0.4) is 0 Å². The summed E-state index contributed by atoms with van der Waals surface area (Å²) in [5, 5.41) is 11.8. The van der Waals surface area contributed by atoms with Gasteiger partial charge in [0.05, 0.1) is 18.7 Å². The average Bonchev–Trinajstić information content (AvgIpc) is 2.35. The molecule has 1 unspecified atom stereocenters. The van der Waals surface area contributed by atoms with Crippen molar-refractivity contribution in [3.05, 3.63) is 29.3 Å². The van der Waals surface area contributed by atoms with E-state index in [9.17, 15) is 4.79 Å². The number of carbonyl (C=O) groups is 1. The first-order chi connectivity index (χ1) is 8.08. The van der Waals surface area contributed by atoms with Crippen molar-refractivity contribution >= 4 is 5.91 Å². The fourth-order valence-electron chi connectivity index (χ4n) is 1.31. The van der Waals surface area contributed by atoms with Gasteiger partial charge in [0.2, 0.25) is 5.91 Å². The largest absolute Gasteiger partial charge is 0.495 e. The van der Waals surface area contributed by atoms with E-state index in [-0.39, 0.29) is 0 Å². The van der Waals surface area contributed by atoms with Crippen molar-refractivity contribution in [1.82, 2.24) is 5.32 Å². The van der Waals surface area contributed by atoms with Gasteiger partial charge in [-0.3, -0.25) is 4.79 Å². The minimum absolute atomic E-state index is 0.392. The normalized spacial score (nSPS) is 11.6. The second-order valence-corrected chi connectivity index (χ2v) is 3.65. The van der Waals surface area contributed by atoms with E-state index in [2.05, 4.69) is 5.32 Å². The molecule has 0 heterocycles.